The number of hydrogen-bond donors (Lipinski definition) is 4. The molecule has 5 rings (SSSR count). The molecule has 2 aliphatic heterocycles. The molecule has 2 aromatic heterocycles. The minimum atomic E-state index is -0.472. The molecule has 11 heteroatoms. The second-order valence-electron chi connectivity index (χ2n) is 7.98. The molecule has 0 radical (unpaired) electrons. The lowest BCUT2D eigenvalue weighted by atomic mass is 10.1. The van der Waals surface area contributed by atoms with Gasteiger partial charge in [-0.1, -0.05) is 38.1 Å². The van der Waals surface area contributed by atoms with E-state index in [-0.39, 0.29) is 17.8 Å². The van der Waals surface area contributed by atoms with E-state index in [4.69, 9.17) is 4.74 Å². The summed E-state index contributed by atoms with van der Waals surface area (Å²) in [6.45, 7) is 7.07. The van der Waals surface area contributed by atoms with Crippen molar-refractivity contribution in [1.29, 1.82) is 0 Å². The summed E-state index contributed by atoms with van der Waals surface area (Å²) in [5.74, 6) is -0.0216. The molecule has 0 amide bonds. The third-order valence-corrected chi connectivity index (χ3v) is 5.55. The molecule has 1 atom stereocenters. The van der Waals surface area contributed by atoms with Gasteiger partial charge in [0.05, 0.1) is 49.2 Å². The highest BCUT2D eigenvalue weighted by Gasteiger charge is 2.17. The largest absolute Gasteiger partial charge is 0.378 e. The zero-order valence-corrected chi connectivity index (χ0v) is 21.0. The molecular weight excluding hydrogens is 473 g/mol. The van der Waals surface area contributed by atoms with E-state index in [1.165, 1.54) is 5.56 Å². The van der Waals surface area contributed by atoms with Crippen LogP contribution in [0.1, 0.15) is 31.1 Å². The van der Waals surface area contributed by atoms with Crippen LogP contribution in [0.25, 0.3) is 0 Å². The fraction of sp³-hybridized carbons (Fsp3) is 0.308. The number of benzene rings is 1. The fourth-order valence-electron chi connectivity index (χ4n) is 3.74. The van der Waals surface area contributed by atoms with E-state index in [0.717, 1.165) is 24.1 Å². The Morgan fingerprint density at radius 3 is 2.54 bits per heavy atom. The van der Waals surface area contributed by atoms with Crippen LogP contribution < -0.4 is 26.5 Å². The summed E-state index contributed by atoms with van der Waals surface area (Å²) in [5, 5.41) is 7.47. The van der Waals surface area contributed by atoms with E-state index in [0.29, 0.717) is 32.0 Å². The van der Waals surface area contributed by atoms with Crippen LogP contribution in [-0.2, 0) is 4.74 Å². The van der Waals surface area contributed by atoms with Crippen LogP contribution in [0, 0.1) is 5.82 Å². The van der Waals surface area contributed by atoms with Crippen molar-refractivity contribution >= 4 is 29.4 Å². The first-order valence-corrected chi connectivity index (χ1v) is 12.4. The lowest BCUT2D eigenvalue weighted by Crippen LogP contribution is -2.37. The Morgan fingerprint density at radius 1 is 1.05 bits per heavy atom. The van der Waals surface area contributed by atoms with Crippen molar-refractivity contribution in [2.75, 3.05) is 48.5 Å². The highest BCUT2D eigenvalue weighted by molar-refractivity contribution is 5.78. The number of ether oxygens (including phenoxy) is 1. The number of nitrogens with zero attached hydrogens (tertiary/aromatic N) is 5. The Hall–Kier alpha value is -3.93. The van der Waals surface area contributed by atoms with Gasteiger partial charge in [0.2, 0.25) is 5.95 Å². The van der Waals surface area contributed by atoms with E-state index < -0.39 is 5.82 Å². The Bertz CT molecular complexity index is 1180. The molecule has 3 aromatic rings. The van der Waals surface area contributed by atoms with Crippen molar-refractivity contribution in [3.05, 3.63) is 78.0 Å². The van der Waals surface area contributed by atoms with Crippen molar-refractivity contribution in [2.24, 2.45) is 5.10 Å². The number of anilines is 4. The van der Waals surface area contributed by atoms with Gasteiger partial charge in [-0.3, -0.25) is 10.4 Å². The molecule has 1 aromatic carbocycles. The molecule has 1 unspecified atom stereocenters. The van der Waals surface area contributed by atoms with Crippen LogP contribution >= 0.6 is 0 Å². The lowest BCUT2D eigenvalue weighted by Gasteiger charge is -2.27. The number of hydrazine groups is 1. The molecule has 37 heavy (non-hydrogen) atoms. The maximum atomic E-state index is 14.1. The van der Waals surface area contributed by atoms with E-state index in [1.54, 1.807) is 12.4 Å². The number of nitrogens with one attached hydrogen (secondary N) is 4. The Kier molecular flexibility index (Phi) is 9.47. The molecule has 4 heterocycles. The van der Waals surface area contributed by atoms with Crippen molar-refractivity contribution in [2.45, 2.75) is 19.9 Å². The van der Waals surface area contributed by atoms with Crippen LogP contribution in [0.5, 0.6) is 0 Å². The first-order chi connectivity index (χ1) is 18.2. The highest BCUT2D eigenvalue weighted by Crippen LogP contribution is 2.21. The van der Waals surface area contributed by atoms with Crippen LogP contribution in [0.3, 0.4) is 0 Å². The van der Waals surface area contributed by atoms with Gasteiger partial charge in [-0.25, -0.2) is 20.2 Å². The highest BCUT2D eigenvalue weighted by atomic mass is 19.1. The van der Waals surface area contributed by atoms with Crippen molar-refractivity contribution in [3.63, 3.8) is 0 Å². The molecule has 1 fully saturated rings. The second kappa shape index (κ2) is 13.4. The Balaban J connectivity index is 0.00000156. The van der Waals surface area contributed by atoms with Gasteiger partial charge in [-0.15, -0.1) is 0 Å². The van der Waals surface area contributed by atoms with E-state index in [9.17, 15) is 4.39 Å². The lowest BCUT2D eigenvalue weighted by molar-refractivity contribution is 0.122. The van der Waals surface area contributed by atoms with E-state index in [2.05, 4.69) is 65.9 Å². The number of hydrazone groups is 1. The maximum absolute atomic E-state index is 14.1. The van der Waals surface area contributed by atoms with Gasteiger partial charge in [0.25, 0.3) is 0 Å². The number of halogens is 1. The van der Waals surface area contributed by atoms with Crippen LogP contribution in [0.2, 0.25) is 0 Å². The van der Waals surface area contributed by atoms with E-state index >= 15 is 0 Å². The molecule has 0 aliphatic carbocycles. The summed E-state index contributed by atoms with van der Waals surface area (Å²) >= 11 is 0. The Labute approximate surface area is 216 Å². The topological polar surface area (TPSA) is 112 Å². The Morgan fingerprint density at radius 2 is 1.84 bits per heavy atom. The molecular formula is C26H32FN9O. The summed E-state index contributed by atoms with van der Waals surface area (Å²) < 4.78 is 19.5. The van der Waals surface area contributed by atoms with Gasteiger partial charge in [0.1, 0.15) is 0 Å². The number of pyridine rings is 1. The van der Waals surface area contributed by atoms with Crippen molar-refractivity contribution < 1.29 is 9.13 Å². The molecule has 4 N–H and O–H groups in total. The fourth-order valence-corrected chi connectivity index (χ4v) is 3.74. The van der Waals surface area contributed by atoms with Gasteiger partial charge >= 0.3 is 0 Å². The summed E-state index contributed by atoms with van der Waals surface area (Å²) in [6.07, 6.45) is 8.67. The first kappa shape index (κ1) is 26.1. The molecule has 10 nitrogen and oxygen atoms in total. The normalized spacial score (nSPS) is 17.3. The van der Waals surface area contributed by atoms with Gasteiger partial charge in [0.15, 0.2) is 11.6 Å². The standard InChI is InChI=1S/C24H26FN9O.C2H6/c25-21-16-27-24(31-23(21)34-10-12-35-13-11-34)33-29-15-19-7-8-20(14-26-19)30-18-5-3-17(4-6-18)22-2-1-9-28-32-22;1-2/h1-8,14-16,22,28,30,32H,9-13H2,(H,27,31,33);1-2H3/b29-15+;. The van der Waals surface area contributed by atoms with Gasteiger partial charge < -0.3 is 15.0 Å². The van der Waals surface area contributed by atoms with Gasteiger partial charge in [-0.2, -0.15) is 10.1 Å². The second-order valence-corrected chi connectivity index (χ2v) is 7.98. The van der Waals surface area contributed by atoms with E-state index in [1.807, 2.05) is 43.0 Å². The van der Waals surface area contributed by atoms with Gasteiger partial charge in [-0.05, 0) is 29.8 Å². The zero-order valence-electron chi connectivity index (χ0n) is 21.0. The summed E-state index contributed by atoms with van der Waals surface area (Å²) in [4.78, 5) is 14.4. The minimum absolute atomic E-state index is 0.165. The van der Waals surface area contributed by atoms with Crippen molar-refractivity contribution in [3.8, 4) is 0 Å². The smallest absolute Gasteiger partial charge is 0.245 e. The summed E-state index contributed by atoms with van der Waals surface area (Å²) in [6, 6.07) is 12.2. The quantitative estimate of drug-likeness (QED) is 0.217. The third kappa shape index (κ3) is 7.29. The van der Waals surface area contributed by atoms with Gasteiger partial charge in [0, 0.05) is 25.3 Å². The number of morpholine rings is 1. The molecule has 0 bridgehead atoms. The monoisotopic (exact) mass is 505 g/mol. The average Bonchev–Trinajstić information content (AvgIpc) is 2.97. The minimum Gasteiger partial charge on any atom is -0.378 e. The SMILES string of the molecule is CC.Fc1cnc(N/N=C/c2ccc(Nc3ccc(C4C=CCNN4)cc3)cn2)nc1N1CCOCC1. The third-order valence-electron chi connectivity index (χ3n) is 5.55. The zero-order chi connectivity index (χ0) is 25.9. The van der Waals surface area contributed by atoms with Crippen LogP contribution in [0.15, 0.2) is 66.0 Å². The average molecular weight is 506 g/mol. The number of rotatable bonds is 7. The summed E-state index contributed by atoms with van der Waals surface area (Å²) in [7, 11) is 0. The van der Waals surface area contributed by atoms with Crippen LogP contribution in [0.4, 0.5) is 27.5 Å². The summed E-state index contributed by atoms with van der Waals surface area (Å²) in [5.41, 5.74) is 12.8. The molecule has 2 aliphatic rings. The first-order valence-electron chi connectivity index (χ1n) is 12.4. The predicted octanol–water partition coefficient (Wildman–Crippen LogP) is 3.77. The maximum Gasteiger partial charge on any atom is 0.245 e. The molecule has 0 spiro atoms. The van der Waals surface area contributed by atoms with Crippen LogP contribution in [-0.4, -0.2) is 54.0 Å². The van der Waals surface area contributed by atoms with Crippen molar-refractivity contribution in [1.82, 2.24) is 25.8 Å². The number of aromatic nitrogens is 3. The predicted molar refractivity (Wildman–Crippen MR) is 145 cm³/mol. The number of hydrogen-bond acceptors (Lipinski definition) is 10. The molecule has 194 valence electrons. The molecule has 1 saturated heterocycles. The molecule has 0 saturated carbocycles.